The van der Waals surface area contributed by atoms with Gasteiger partial charge in [-0.25, -0.2) is 0 Å². The van der Waals surface area contributed by atoms with Gasteiger partial charge >= 0.3 is 29.6 Å². The van der Waals surface area contributed by atoms with Crippen molar-refractivity contribution in [2.75, 3.05) is 6.54 Å². The molecule has 1 aliphatic heterocycles. The maximum Gasteiger partial charge on any atom is 1.00 e. The van der Waals surface area contributed by atoms with Crippen LogP contribution in [0.15, 0.2) is 30.3 Å². The van der Waals surface area contributed by atoms with Crippen LogP contribution < -0.4 is 50.6 Å². The summed E-state index contributed by atoms with van der Waals surface area (Å²) in [7, 11) is 0. The molecular weight excluding hydrogens is 401 g/mol. The number of carboxylic acid groups (broad SMARTS) is 1. The van der Waals surface area contributed by atoms with Crippen LogP contribution in [0, 0.1) is 0 Å². The topological polar surface area (TPSA) is 110 Å². The monoisotopic (exact) mass is 429 g/mol. The minimum absolute atomic E-state index is 0. The molecule has 0 saturated carbocycles. The van der Waals surface area contributed by atoms with Gasteiger partial charge in [-0.1, -0.05) is 43.7 Å². The van der Waals surface area contributed by atoms with Crippen LogP contribution in [0.4, 0.5) is 0 Å². The predicted molar refractivity (Wildman–Crippen MR) is 107 cm³/mol. The average Bonchev–Trinajstić information content (AvgIpc) is 2.96. The van der Waals surface area contributed by atoms with E-state index < -0.39 is 28.2 Å². The first-order valence-electron chi connectivity index (χ1n) is 9.50. The van der Waals surface area contributed by atoms with Crippen LogP contribution in [0.3, 0.4) is 0 Å². The molecule has 0 aliphatic carbocycles. The summed E-state index contributed by atoms with van der Waals surface area (Å²) in [4.78, 5) is 36.7. The molecule has 3 atom stereocenters. The van der Waals surface area contributed by atoms with Crippen LogP contribution >= 0.6 is 11.8 Å². The van der Waals surface area contributed by atoms with E-state index in [1.165, 1.54) is 11.8 Å². The number of aliphatic carboxylic acids is 1. The van der Waals surface area contributed by atoms with E-state index in [0.717, 1.165) is 18.4 Å². The zero-order chi connectivity index (χ0) is 20.7. The summed E-state index contributed by atoms with van der Waals surface area (Å²) < 4.78 is -0.671. The predicted octanol–water partition coefficient (Wildman–Crippen LogP) is -2.81. The summed E-state index contributed by atoms with van der Waals surface area (Å²) in [5.74, 6) is -1.84. The Morgan fingerprint density at radius 2 is 1.90 bits per heavy atom. The molecule has 1 aliphatic rings. The third-order valence-electron chi connectivity index (χ3n) is 4.63. The van der Waals surface area contributed by atoms with Crippen molar-refractivity contribution in [3.05, 3.63) is 35.9 Å². The molecule has 1 heterocycles. The second-order valence-corrected chi connectivity index (χ2v) is 9.21. The van der Waals surface area contributed by atoms with Crippen LogP contribution in [0.25, 0.3) is 0 Å². The summed E-state index contributed by atoms with van der Waals surface area (Å²) in [6, 6.07) is 7.44. The number of nitrogens with one attached hydrogen (secondary N) is 3. The molecule has 0 unspecified atom stereocenters. The summed E-state index contributed by atoms with van der Waals surface area (Å²) in [5.41, 5.74) is 0.838. The minimum Gasteiger partial charge on any atom is -0.548 e. The maximum absolute atomic E-state index is 12.7. The van der Waals surface area contributed by atoms with E-state index in [1.54, 1.807) is 13.8 Å². The molecule has 1 fully saturated rings. The van der Waals surface area contributed by atoms with Crippen LogP contribution in [-0.4, -0.2) is 46.5 Å². The van der Waals surface area contributed by atoms with Crippen LogP contribution in [0.5, 0.6) is 0 Å². The Balaban J connectivity index is 0.00000420. The number of thioether (sulfide) groups is 1. The average molecular weight is 430 g/mol. The van der Waals surface area contributed by atoms with Crippen molar-refractivity contribution in [2.24, 2.45) is 0 Å². The minimum atomic E-state index is -1.22. The van der Waals surface area contributed by atoms with Gasteiger partial charge in [0.1, 0.15) is 6.04 Å². The van der Waals surface area contributed by atoms with Gasteiger partial charge in [0.15, 0.2) is 0 Å². The van der Waals surface area contributed by atoms with Crippen molar-refractivity contribution in [1.29, 1.82) is 0 Å². The number of hydrogen-bond donors (Lipinski definition) is 3. The summed E-state index contributed by atoms with van der Waals surface area (Å²) >= 11 is 1.32. The van der Waals surface area contributed by atoms with Gasteiger partial charge in [-0.15, -0.1) is 11.8 Å². The molecule has 1 saturated heterocycles. The SMILES string of the molecule is CCCCNC(=O)[C@@H](NC(=O)Cc1ccccc1)[C@@H]1N[C@@H](C(=O)[O-])C(C)(C)S1.[Na+]. The quantitative estimate of drug-likeness (QED) is 0.289. The number of carbonyl (C=O) groups excluding carboxylic acids is 3. The Morgan fingerprint density at radius 1 is 1.24 bits per heavy atom. The maximum atomic E-state index is 12.7. The van der Waals surface area contributed by atoms with E-state index in [1.807, 2.05) is 37.3 Å². The van der Waals surface area contributed by atoms with E-state index in [2.05, 4.69) is 16.0 Å². The van der Waals surface area contributed by atoms with E-state index in [4.69, 9.17) is 0 Å². The van der Waals surface area contributed by atoms with Crippen molar-refractivity contribution < 1.29 is 49.0 Å². The smallest absolute Gasteiger partial charge is 0.548 e. The Bertz CT molecular complexity index is 702. The fourth-order valence-corrected chi connectivity index (χ4v) is 4.58. The first kappa shape index (κ1) is 26.0. The zero-order valence-corrected chi connectivity index (χ0v) is 20.3. The zero-order valence-electron chi connectivity index (χ0n) is 17.5. The Labute approximate surface area is 198 Å². The van der Waals surface area contributed by atoms with Gasteiger partial charge in [0, 0.05) is 11.3 Å². The third-order valence-corrected chi connectivity index (χ3v) is 6.14. The van der Waals surface area contributed by atoms with Gasteiger partial charge < -0.3 is 20.5 Å². The summed E-state index contributed by atoms with van der Waals surface area (Å²) in [6.45, 7) is 6.09. The number of hydrogen-bond acceptors (Lipinski definition) is 6. The van der Waals surface area contributed by atoms with Crippen molar-refractivity contribution in [2.45, 2.75) is 62.2 Å². The largest absolute Gasteiger partial charge is 1.00 e. The Kier molecular flexibility index (Phi) is 10.7. The van der Waals surface area contributed by atoms with E-state index in [9.17, 15) is 19.5 Å². The van der Waals surface area contributed by atoms with Crippen LogP contribution in [0.1, 0.15) is 39.2 Å². The number of unbranched alkanes of at least 4 members (excludes halogenated alkanes) is 1. The van der Waals surface area contributed by atoms with Crippen molar-refractivity contribution >= 4 is 29.5 Å². The first-order valence-corrected chi connectivity index (χ1v) is 10.4. The molecule has 2 rings (SSSR count). The number of carboxylic acids is 1. The van der Waals surface area contributed by atoms with Gasteiger partial charge in [0.05, 0.1) is 23.8 Å². The van der Waals surface area contributed by atoms with Crippen molar-refractivity contribution in [3.8, 4) is 0 Å². The van der Waals surface area contributed by atoms with Crippen LogP contribution in [-0.2, 0) is 20.8 Å². The number of benzene rings is 1. The molecule has 0 bridgehead atoms. The standard InChI is InChI=1S/C20H29N3O4S.Na/c1-4-5-11-21-17(25)15(18-23-16(19(26)27)20(2,3)28-18)22-14(24)12-13-9-7-6-8-10-13;/h6-10,15-16,18,23H,4-5,11-12H2,1-3H3,(H,21,25)(H,22,24)(H,26,27);/q;+1/p-1/t15-,16+,18-;/m1./s1. The van der Waals surface area contributed by atoms with Gasteiger partial charge in [-0.3, -0.25) is 14.9 Å². The fraction of sp³-hybridized carbons (Fsp3) is 0.550. The summed E-state index contributed by atoms with van der Waals surface area (Å²) in [6.07, 6.45) is 1.90. The second-order valence-electron chi connectivity index (χ2n) is 7.41. The first-order chi connectivity index (χ1) is 13.2. The van der Waals surface area contributed by atoms with E-state index in [0.29, 0.717) is 6.54 Å². The number of carbonyl (C=O) groups is 3. The summed E-state index contributed by atoms with van der Waals surface area (Å²) in [5, 5.41) is 19.4. The van der Waals surface area contributed by atoms with Gasteiger partial charge in [-0.2, -0.15) is 0 Å². The second kappa shape index (κ2) is 12.0. The number of amides is 2. The molecule has 2 amide bonds. The molecule has 9 heteroatoms. The van der Waals surface area contributed by atoms with Gasteiger partial charge in [0.2, 0.25) is 11.8 Å². The van der Waals surface area contributed by atoms with Crippen molar-refractivity contribution in [1.82, 2.24) is 16.0 Å². The molecule has 0 radical (unpaired) electrons. The van der Waals surface area contributed by atoms with Gasteiger partial charge in [0.25, 0.3) is 0 Å². The molecule has 0 aromatic heterocycles. The molecular formula is C20H28N3NaO4S. The molecule has 1 aromatic rings. The molecule has 7 nitrogen and oxygen atoms in total. The van der Waals surface area contributed by atoms with E-state index >= 15 is 0 Å². The normalized spacial score (nSPS) is 20.9. The molecule has 154 valence electrons. The molecule has 1 aromatic carbocycles. The molecule has 0 spiro atoms. The molecule has 3 N–H and O–H groups in total. The van der Waals surface area contributed by atoms with Gasteiger partial charge in [-0.05, 0) is 25.8 Å². The fourth-order valence-electron chi connectivity index (χ4n) is 3.09. The Hall–Kier alpha value is -1.06. The van der Waals surface area contributed by atoms with Crippen molar-refractivity contribution in [3.63, 3.8) is 0 Å². The Morgan fingerprint density at radius 3 is 2.45 bits per heavy atom. The van der Waals surface area contributed by atoms with Crippen LogP contribution in [0.2, 0.25) is 0 Å². The third kappa shape index (κ3) is 7.61. The number of rotatable bonds is 9. The van der Waals surface area contributed by atoms with E-state index in [-0.39, 0.29) is 47.8 Å². The molecule has 29 heavy (non-hydrogen) atoms.